The molecule has 1 N–H and O–H groups in total. The smallest absolute Gasteiger partial charge is 0.338 e. The van der Waals surface area contributed by atoms with E-state index in [-0.39, 0.29) is 33.5 Å². The van der Waals surface area contributed by atoms with Gasteiger partial charge in [-0.2, -0.15) is 0 Å². The van der Waals surface area contributed by atoms with Gasteiger partial charge in [0.05, 0.1) is 35.4 Å². The van der Waals surface area contributed by atoms with Gasteiger partial charge in [-0.15, -0.1) is 0 Å². The molecular formula is C27H23ClN2O6. The van der Waals surface area contributed by atoms with E-state index in [1.807, 2.05) is 0 Å². The molecular weight excluding hydrogens is 484 g/mol. The average Bonchev–Trinajstić information content (AvgIpc) is 3.14. The molecule has 0 saturated carbocycles. The van der Waals surface area contributed by atoms with E-state index in [1.54, 1.807) is 56.4 Å². The number of amides is 1. The number of carbonyl (C=O) groups excluding carboxylic acids is 3. The summed E-state index contributed by atoms with van der Waals surface area (Å²) in [6, 6.07) is 13.1. The first-order chi connectivity index (χ1) is 17.2. The zero-order valence-electron chi connectivity index (χ0n) is 19.8. The zero-order valence-corrected chi connectivity index (χ0v) is 20.5. The third kappa shape index (κ3) is 4.67. The summed E-state index contributed by atoms with van der Waals surface area (Å²) in [4.78, 5) is 44.5. The van der Waals surface area contributed by atoms with Crippen molar-refractivity contribution < 1.29 is 29.0 Å². The number of aliphatic hydroxyl groups excluding tert-OH is 1. The number of hydrogen-bond donors (Lipinski definition) is 1. The van der Waals surface area contributed by atoms with Crippen LogP contribution in [0.1, 0.15) is 41.4 Å². The number of nitrogens with zero attached hydrogens (tertiary/aromatic N) is 2. The highest BCUT2D eigenvalue weighted by Gasteiger charge is 2.47. The molecule has 0 bridgehead atoms. The number of pyridine rings is 1. The molecule has 1 aromatic heterocycles. The predicted octanol–water partition coefficient (Wildman–Crippen LogP) is 4.94. The summed E-state index contributed by atoms with van der Waals surface area (Å²) in [5, 5.41) is 11.5. The second-order valence-corrected chi connectivity index (χ2v) is 8.71. The highest BCUT2D eigenvalue weighted by Crippen LogP contribution is 2.43. The van der Waals surface area contributed by atoms with Gasteiger partial charge in [-0.05, 0) is 61.9 Å². The van der Waals surface area contributed by atoms with Gasteiger partial charge in [0.25, 0.3) is 11.7 Å². The Balaban J connectivity index is 1.91. The Hall–Kier alpha value is -4.17. The maximum atomic E-state index is 13.3. The summed E-state index contributed by atoms with van der Waals surface area (Å²) in [7, 11) is 1.46. The number of hydrogen-bond acceptors (Lipinski definition) is 7. The molecule has 2 aromatic carbocycles. The Labute approximate surface area is 212 Å². The van der Waals surface area contributed by atoms with Crippen molar-refractivity contribution >= 4 is 40.7 Å². The van der Waals surface area contributed by atoms with Crippen LogP contribution in [0.4, 0.5) is 5.69 Å². The molecule has 0 spiro atoms. The van der Waals surface area contributed by atoms with Crippen molar-refractivity contribution in [2.24, 2.45) is 0 Å². The largest absolute Gasteiger partial charge is 0.507 e. The predicted molar refractivity (Wildman–Crippen MR) is 134 cm³/mol. The van der Waals surface area contributed by atoms with Crippen LogP contribution < -0.4 is 9.64 Å². The van der Waals surface area contributed by atoms with Gasteiger partial charge < -0.3 is 14.6 Å². The van der Waals surface area contributed by atoms with E-state index < -0.39 is 29.5 Å². The quantitative estimate of drug-likeness (QED) is 0.218. The average molecular weight is 507 g/mol. The van der Waals surface area contributed by atoms with Crippen LogP contribution in [-0.2, 0) is 14.3 Å². The Kier molecular flexibility index (Phi) is 7.07. The topological polar surface area (TPSA) is 106 Å². The number of anilines is 1. The number of benzene rings is 2. The normalized spacial score (nSPS) is 16.9. The lowest BCUT2D eigenvalue weighted by atomic mass is 9.96. The van der Waals surface area contributed by atoms with Gasteiger partial charge in [0, 0.05) is 23.6 Å². The van der Waals surface area contributed by atoms with Crippen molar-refractivity contribution in [3.05, 3.63) is 94.3 Å². The minimum absolute atomic E-state index is 0.136. The minimum Gasteiger partial charge on any atom is -0.507 e. The first-order valence-electron chi connectivity index (χ1n) is 11.1. The van der Waals surface area contributed by atoms with Crippen molar-refractivity contribution in [3.8, 4) is 5.75 Å². The lowest BCUT2D eigenvalue weighted by Crippen LogP contribution is -2.29. The van der Waals surface area contributed by atoms with Crippen molar-refractivity contribution in [2.45, 2.75) is 26.0 Å². The fourth-order valence-electron chi connectivity index (χ4n) is 3.97. The number of rotatable bonds is 6. The van der Waals surface area contributed by atoms with Crippen molar-refractivity contribution in [2.75, 3.05) is 12.0 Å². The first-order valence-corrected chi connectivity index (χ1v) is 11.5. The lowest BCUT2D eigenvalue weighted by Gasteiger charge is -2.25. The molecule has 36 heavy (non-hydrogen) atoms. The molecule has 1 aliphatic heterocycles. The molecule has 1 saturated heterocycles. The molecule has 4 rings (SSSR count). The Bertz CT molecular complexity index is 1370. The van der Waals surface area contributed by atoms with Crippen molar-refractivity contribution in [3.63, 3.8) is 0 Å². The van der Waals surface area contributed by atoms with Gasteiger partial charge >= 0.3 is 5.97 Å². The van der Waals surface area contributed by atoms with Gasteiger partial charge in [-0.3, -0.25) is 19.5 Å². The second kappa shape index (κ2) is 10.2. The van der Waals surface area contributed by atoms with Crippen LogP contribution in [-0.4, -0.2) is 41.0 Å². The zero-order chi connectivity index (χ0) is 26.0. The van der Waals surface area contributed by atoms with Crippen LogP contribution >= 0.6 is 11.6 Å². The van der Waals surface area contributed by atoms with Crippen molar-refractivity contribution in [1.29, 1.82) is 0 Å². The van der Waals surface area contributed by atoms with Crippen molar-refractivity contribution in [1.82, 2.24) is 4.98 Å². The number of ketones is 1. The molecule has 3 aromatic rings. The number of ether oxygens (including phenoxy) is 2. The van der Waals surface area contributed by atoms with Gasteiger partial charge in [-0.1, -0.05) is 23.7 Å². The molecule has 0 radical (unpaired) electrons. The SMILES string of the molecule is COc1ccc(Cl)c(/C(O)=C2\C(=O)C(=O)N(c3cccc(C(=O)OC(C)C)c3)C2c2cccnc2)c1. The summed E-state index contributed by atoms with van der Waals surface area (Å²) in [5.41, 5.74) is 0.937. The highest BCUT2D eigenvalue weighted by molar-refractivity contribution is 6.52. The number of halogens is 1. The molecule has 1 amide bonds. The van der Waals surface area contributed by atoms with Gasteiger partial charge in [-0.25, -0.2) is 4.79 Å². The molecule has 1 unspecified atom stereocenters. The third-order valence-corrected chi connectivity index (χ3v) is 5.91. The number of esters is 1. The summed E-state index contributed by atoms with van der Waals surface area (Å²) < 4.78 is 10.5. The third-order valence-electron chi connectivity index (χ3n) is 5.58. The molecule has 9 heteroatoms. The first kappa shape index (κ1) is 24.9. The van der Waals surface area contributed by atoms with E-state index in [0.29, 0.717) is 11.3 Å². The number of Topliss-reactive ketones (excluding diaryl/α,β-unsaturated/α-hetero) is 1. The van der Waals surface area contributed by atoms with Gasteiger partial charge in [0.2, 0.25) is 0 Å². The highest BCUT2D eigenvalue weighted by atomic mass is 35.5. The molecule has 1 fully saturated rings. The Morgan fingerprint density at radius 1 is 1.11 bits per heavy atom. The van der Waals surface area contributed by atoms with Crippen LogP contribution in [0.15, 0.2) is 72.6 Å². The standard InChI is InChI=1S/C27H23ClN2O6/c1-15(2)36-27(34)16-6-4-8-18(12-16)30-23(17-7-5-11-29-14-17)22(25(32)26(30)33)24(31)20-13-19(35-3)9-10-21(20)28/h4-15,23,31H,1-3H3/b24-22+. The molecule has 1 aliphatic rings. The van der Waals surface area contributed by atoms with Crippen LogP contribution in [0.3, 0.4) is 0 Å². The Morgan fingerprint density at radius 3 is 2.56 bits per heavy atom. The maximum absolute atomic E-state index is 13.3. The summed E-state index contributed by atoms with van der Waals surface area (Å²) in [6.45, 7) is 3.46. The van der Waals surface area contributed by atoms with E-state index in [0.717, 1.165) is 0 Å². The summed E-state index contributed by atoms with van der Waals surface area (Å²) in [5.74, 6) is -2.40. The number of aliphatic hydroxyl groups is 1. The van der Waals surface area contributed by atoms with Crippen LogP contribution in [0.25, 0.3) is 5.76 Å². The monoisotopic (exact) mass is 506 g/mol. The fraction of sp³-hybridized carbons (Fsp3) is 0.185. The molecule has 184 valence electrons. The summed E-state index contributed by atoms with van der Waals surface area (Å²) in [6.07, 6.45) is 2.72. The molecule has 2 heterocycles. The molecule has 8 nitrogen and oxygen atoms in total. The maximum Gasteiger partial charge on any atom is 0.338 e. The van der Waals surface area contributed by atoms with E-state index in [9.17, 15) is 19.5 Å². The summed E-state index contributed by atoms with van der Waals surface area (Å²) >= 11 is 6.33. The number of aromatic nitrogens is 1. The van der Waals surface area contributed by atoms with E-state index in [4.69, 9.17) is 21.1 Å². The van der Waals surface area contributed by atoms with Gasteiger partial charge in [0.1, 0.15) is 11.5 Å². The van der Waals surface area contributed by atoms with E-state index in [2.05, 4.69) is 4.98 Å². The number of carbonyl (C=O) groups is 3. The number of methoxy groups -OCH3 is 1. The van der Waals surface area contributed by atoms with Gasteiger partial charge in [0.15, 0.2) is 0 Å². The lowest BCUT2D eigenvalue weighted by molar-refractivity contribution is -0.132. The Morgan fingerprint density at radius 2 is 1.89 bits per heavy atom. The second-order valence-electron chi connectivity index (χ2n) is 8.31. The molecule has 1 atom stereocenters. The molecule has 0 aliphatic carbocycles. The van der Waals surface area contributed by atoms with Crippen LogP contribution in [0, 0.1) is 0 Å². The van der Waals surface area contributed by atoms with Crippen LogP contribution in [0.2, 0.25) is 5.02 Å². The van der Waals surface area contributed by atoms with Crippen LogP contribution in [0.5, 0.6) is 5.75 Å². The van der Waals surface area contributed by atoms with E-state index >= 15 is 0 Å². The fourth-order valence-corrected chi connectivity index (χ4v) is 4.18. The van der Waals surface area contributed by atoms with E-state index in [1.165, 1.54) is 36.4 Å². The minimum atomic E-state index is -1.03.